The van der Waals surface area contributed by atoms with E-state index < -0.39 is 0 Å². The third kappa shape index (κ3) is 5.42. The minimum atomic E-state index is 0.390. The molecule has 1 N–H and O–H groups in total. The molecule has 3 nitrogen and oxygen atoms in total. The molecular formula is C18H29NO2. The van der Waals surface area contributed by atoms with Crippen LogP contribution in [0.2, 0.25) is 0 Å². The second-order valence-electron chi connectivity index (χ2n) is 5.88. The minimum Gasteiger partial charge on any atom is -0.382 e. The van der Waals surface area contributed by atoms with Crippen LogP contribution < -0.4 is 5.32 Å². The highest BCUT2D eigenvalue weighted by molar-refractivity contribution is 5.35. The van der Waals surface area contributed by atoms with Crippen molar-refractivity contribution in [2.75, 3.05) is 33.5 Å². The smallest absolute Gasteiger partial charge is 0.0701 e. The molecule has 1 unspecified atom stereocenters. The van der Waals surface area contributed by atoms with Crippen LogP contribution in [0.3, 0.4) is 0 Å². The Morgan fingerprint density at radius 2 is 2.05 bits per heavy atom. The summed E-state index contributed by atoms with van der Waals surface area (Å²) in [6.45, 7) is 5.33. The van der Waals surface area contributed by atoms with Crippen molar-refractivity contribution in [2.24, 2.45) is 0 Å². The van der Waals surface area contributed by atoms with Crippen molar-refractivity contribution in [3.8, 4) is 0 Å². The zero-order valence-corrected chi connectivity index (χ0v) is 13.5. The summed E-state index contributed by atoms with van der Waals surface area (Å²) in [6, 6.07) is 7.40. The lowest BCUT2D eigenvalue weighted by molar-refractivity contribution is 0.0587. The van der Waals surface area contributed by atoms with Gasteiger partial charge in [-0.05, 0) is 55.3 Å². The Morgan fingerprint density at radius 3 is 2.86 bits per heavy atom. The number of hydrogen-bond donors (Lipinski definition) is 1. The molecule has 1 atom stereocenters. The number of aryl methyl sites for hydroxylation is 2. The Morgan fingerprint density at radius 1 is 1.19 bits per heavy atom. The molecule has 0 bridgehead atoms. The number of ether oxygens (including phenoxy) is 2. The van der Waals surface area contributed by atoms with Gasteiger partial charge in [-0.1, -0.05) is 25.1 Å². The zero-order chi connectivity index (χ0) is 14.9. The maximum Gasteiger partial charge on any atom is 0.0701 e. The van der Waals surface area contributed by atoms with Crippen molar-refractivity contribution in [1.29, 1.82) is 0 Å². The summed E-state index contributed by atoms with van der Waals surface area (Å²) in [5.74, 6) is 0. The highest BCUT2D eigenvalue weighted by Gasteiger charge is 2.13. The second-order valence-corrected chi connectivity index (χ2v) is 5.88. The molecule has 0 aromatic heterocycles. The first kappa shape index (κ1) is 16.5. The summed E-state index contributed by atoms with van der Waals surface area (Å²) in [5, 5.41) is 3.60. The van der Waals surface area contributed by atoms with Gasteiger partial charge < -0.3 is 14.8 Å². The molecule has 0 saturated heterocycles. The molecule has 3 heteroatoms. The van der Waals surface area contributed by atoms with Crippen LogP contribution in [0.15, 0.2) is 18.2 Å². The molecule has 0 aliphatic heterocycles. The van der Waals surface area contributed by atoms with E-state index in [0.717, 1.165) is 26.0 Å². The fourth-order valence-electron chi connectivity index (χ4n) is 2.94. The van der Waals surface area contributed by atoms with E-state index in [9.17, 15) is 0 Å². The Kier molecular flexibility index (Phi) is 7.20. The monoisotopic (exact) mass is 291 g/mol. The first-order valence-corrected chi connectivity index (χ1v) is 8.24. The van der Waals surface area contributed by atoms with Gasteiger partial charge in [0.05, 0.1) is 19.8 Å². The Bertz CT molecular complexity index is 420. The first-order chi connectivity index (χ1) is 10.3. The number of nitrogens with one attached hydrogen (secondary N) is 1. The van der Waals surface area contributed by atoms with Crippen molar-refractivity contribution in [1.82, 2.24) is 5.32 Å². The molecule has 0 heterocycles. The van der Waals surface area contributed by atoms with E-state index in [1.54, 1.807) is 18.2 Å². The molecular weight excluding hydrogens is 262 g/mol. The SMILES string of the molecule is CCCNC(COCCOC)Cc1ccc2c(c1)CCC2. The van der Waals surface area contributed by atoms with Gasteiger partial charge in [0.1, 0.15) is 0 Å². The summed E-state index contributed by atoms with van der Waals surface area (Å²) in [6.07, 6.45) is 6.02. The summed E-state index contributed by atoms with van der Waals surface area (Å²) in [5.41, 5.74) is 4.54. The molecule has 0 amide bonds. The predicted octanol–water partition coefficient (Wildman–Crippen LogP) is 2.75. The van der Waals surface area contributed by atoms with Crippen LogP contribution >= 0.6 is 0 Å². The Balaban J connectivity index is 1.87. The molecule has 0 saturated carbocycles. The van der Waals surface area contributed by atoms with E-state index >= 15 is 0 Å². The van der Waals surface area contributed by atoms with E-state index in [-0.39, 0.29) is 0 Å². The Hall–Kier alpha value is -0.900. The van der Waals surface area contributed by atoms with Crippen LogP contribution in [0.4, 0.5) is 0 Å². The largest absolute Gasteiger partial charge is 0.382 e. The molecule has 0 radical (unpaired) electrons. The van der Waals surface area contributed by atoms with Crippen molar-refractivity contribution >= 4 is 0 Å². The van der Waals surface area contributed by atoms with Gasteiger partial charge in [-0.15, -0.1) is 0 Å². The number of benzene rings is 1. The zero-order valence-electron chi connectivity index (χ0n) is 13.5. The Labute approximate surface area is 129 Å². The van der Waals surface area contributed by atoms with Crippen molar-refractivity contribution in [3.05, 3.63) is 34.9 Å². The summed E-state index contributed by atoms with van der Waals surface area (Å²) >= 11 is 0. The number of hydrogen-bond acceptors (Lipinski definition) is 3. The second kappa shape index (κ2) is 9.19. The van der Waals surface area contributed by atoms with Crippen molar-refractivity contribution < 1.29 is 9.47 Å². The molecule has 0 fully saturated rings. The summed E-state index contributed by atoms with van der Waals surface area (Å²) in [4.78, 5) is 0. The molecule has 2 rings (SSSR count). The van der Waals surface area contributed by atoms with Gasteiger partial charge in [0, 0.05) is 13.2 Å². The van der Waals surface area contributed by atoms with Gasteiger partial charge in [0.15, 0.2) is 0 Å². The maximum absolute atomic E-state index is 5.71. The number of rotatable bonds is 10. The van der Waals surface area contributed by atoms with E-state index in [1.807, 2.05) is 0 Å². The quantitative estimate of drug-likeness (QED) is 0.672. The van der Waals surface area contributed by atoms with Crippen molar-refractivity contribution in [3.63, 3.8) is 0 Å². The van der Waals surface area contributed by atoms with E-state index in [0.29, 0.717) is 19.3 Å². The van der Waals surface area contributed by atoms with Gasteiger partial charge in [-0.2, -0.15) is 0 Å². The van der Waals surface area contributed by atoms with Crippen LogP contribution in [-0.2, 0) is 28.7 Å². The van der Waals surface area contributed by atoms with Gasteiger partial charge >= 0.3 is 0 Å². The van der Waals surface area contributed by atoms with Gasteiger partial charge in [-0.25, -0.2) is 0 Å². The topological polar surface area (TPSA) is 30.5 Å². The van der Waals surface area contributed by atoms with E-state index in [2.05, 4.69) is 30.4 Å². The van der Waals surface area contributed by atoms with Crippen molar-refractivity contribution in [2.45, 2.75) is 45.1 Å². The van der Waals surface area contributed by atoms with Gasteiger partial charge in [0.25, 0.3) is 0 Å². The van der Waals surface area contributed by atoms with Crippen LogP contribution in [0.5, 0.6) is 0 Å². The average molecular weight is 291 g/mol. The molecule has 21 heavy (non-hydrogen) atoms. The van der Waals surface area contributed by atoms with Crippen LogP contribution in [0, 0.1) is 0 Å². The summed E-state index contributed by atoms with van der Waals surface area (Å²) < 4.78 is 10.7. The third-order valence-electron chi connectivity index (χ3n) is 4.08. The highest BCUT2D eigenvalue weighted by atomic mass is 16.5. The first-order valence-electron chi connectivity index (χ1n) is 8.24. The molecule has 1 aliphatic rings. The number of methoxy groups -OCH3 is 1. The average Bonchev–Trinajstić information content (AvgIpc) is 2.96. The third-order valence-corrected chi connectivity index (χ3v) is 4.08. The fourth-order valence-corrected chi connectivity index (χ4v) is 2.94. The van der Waals surface area contributed by atoms with E-state index in [4.69, 9.17) is 9.47 Å². The molecule has 0 spiro atoms. The molecule has 1 aromatic carbocycles. The molecule has 1 aromatic rings. The predicted molar refractivity (Wildman–Crippen MR) is 86.9 cm³/mol. The van der Waals surface area contributed by atoms with Gasteiger partial charge in [0.2, 0.25) is 0 Å². The molecule has 1 aliphatic carbocycles. The maximum atomic E-state index is 5.71. The minimum absolute atomic E-state index is 0.390. The lowest BCUT2D eigenvalue weighted by atomic mass is 10.0. The van der Waals surface area contributed by atoms with Crippen LogP contribution in [0.25, 0.3) is 0 Å². The lowest BCUT2D eigenvalue weighted by Gasteiger charge is -2.19. The number of fused-ring (bicyclic) bond motifs is 1. The molecule has 118 valence electrons. The normalized spacial score (nSPS) is 15.1. The van der Waals surface area contributed by atoms with Crippen LogP contribution in [-0.4, -0.2) is 39.5 Å². The standard InChI is InChI=1S/C18H29NO2/c1-3-9-19-18(14-21-11-10-20-2)13-15-7-8-16-5-4-6-17(16)12-15/h7-8,12,18-19H,3-6,9-11,13-14H2,1-2H3. The fraction of sp³-hybridized carbons (Fsp3) is 0.667. The van der Waals surface area contributed by atoms with E-state index in [1.165, 1.54) is 24.8 Å². The highest BCUT2D eigenvalue weighted by Crippen LogP contribution is 2.23. The van der Waals surface area contributed by atoms with Gasteiger partial charge in [-0.3, -0.25) is 0 Å². The lowest BCUT2D eigenvalue weighted by Crippen LogP contribution is -2.36. The summed E-state index contributed by atoms with van der Waals surface area (Å²) in [7, 11) is 1.71. The van der Waals surface area contributed by atoms with Crippen LogP contribution in [0.1, 0.15) is 36.5 Å².